The van der Waals surface area contributed by atoms with Crippen molar-refractivity contribution in [1.82, 2.24) is 19.6 Å². The van der Waals surface area contributed by atoms with Crippen LogP contribution in [0.4, 0.5) is 17.1 Å². The molecular weight excluding hydrogens is 885 g/mol. The lowest BCUT2D eigenvalue weighted by molar-refractivity contribution is -0.384. The van der Waals surface area contributed by atoms with Crippen molar-refractivity contribution in [3.8, 4) is 23.3 Å². The largest absolute Gasteiger partial charge is 0.489 e. The summed E-state index contributed by atoms with van der Waals surface area (Å²) in [4.78, 5) is 37.8. The third-order valence-electron chi connectivity index (χ3n) is 15.5. The summed E-state index contributed by atoms with van der Waals surface area (Å²) < 4.78 is 42.5. The lowest BCUT2D eigenvalue weighted by atomic mass is 9.59. The second kappa shape index (κ2) is 17.7. The Morgan fingerprint density at radius 3 is 2.56 bits per heavy atom. The molecule has 5 aliphatic rings. The highest BCUT2D eigenvalue weighted by Crippen LogP contribution is 2.54. The molecule has 4 fully saturated rings. The summed E-state index contributed by atoms with van der Waals surface area (Å²) in [6, 6.07) is 20.6. The first-order chi connectivity index (χ1) is 32.6. The van der Waals surface area contributed by atoms with Gasteiger partial charge in [-0.15, -0.1) is 0 Å². The SMILES string of the molecule is CC(C)c1ccccc1[C@H]1CCCN1C1CC2(CCN(c3ccc(C(=O)NS(=O)(=O)c4cc5c(c([N+](=O)[O-])c4)N[C@@H]([C@H]4CC[C@](C)(O)CC4)CO5)c(Oc4cnc5[nH]cc(C#N)c5c4)c3)CC2)C1. The van der Waals surface area contributed by atoms with Crippen LogP contribution in [-0.2, 0) is 10.0 Å². The van der Waals surface area contributed by atoms with Gasteiger partial charge in [-0.25, -0.2) is 18.1 Å². The summed E-state index contributed by atoms with van der Waals surface area (Å²) in [7, 11) is -4.70. The third kappa shape index (κ3) is 8.73. The number of nitrogens with zero attached hydrogens (tertiary/aromatic N) is 5. The minimum atomic E-state index is -4.70. The molecule has 0 radical (unpaired) electrons. The molecule has 5 aromatic rings. The number of sulfonamides is 1. The third-order valence-corrected chi connectivity index (χ3v) is 16.9. The summed E-state index contributed by atoms with van der Waals surface area (Å²) in [5.74, 6) is -0.166. The van der Waals surface area contributed by atoms with Crippen LogP contribution in [0.15, 0.2) is 78.0 Å². The van der Waals surface area contributed by atoms with Gasteiger partial charge in [-0.05, 0) is 124 Å². The van der Waals surface area contributed by atoms with Crippen LogP contribution in [0.2, 0.25) is 0 Å². The van der Waals surface area contributed by atoms with Crippen molar-refractivity contribution in [3.63, 3.8) is 0 Å². The van der Waals surface area contributed by atoms with E-state index in [1.807, 2.05) is 0 Å². The molecule has 3 aliphatic heterocycles. The molecule has 2 aliphatic carbocycles. The number of carbonyl (C=O) groups is 1. The molecule has 4 N–H and O–H groups in total. The number of ether oxygens (including phenoxy) is 2. The fraction of sp³-hybridized carbons (Fsp3) is 0.471. The monoisotopic (exact) mass is 942 g/mol. The van der Waals surface area contributed by atoms with Gasteiger partial charge in [0.05, 0.1) is 38.8 Å². The molecule has 17 heteroatoms. The van der Waals surface area contributed by atoms with Crippen LogP contribution in [0.1, 0.15) is 124 Å². The molecule has 2 saturated heterocycles. The number of nitriles is 1. The Morgan fingerprint density at radius 1 is 1.06 bits per heavy atom. The first kappa shape index (κ1) is 45.6. The predicted molar refractivity (Wildman–Crippen MR) is 257 cm³/mol. The lowest BCUT2D eigenvalue weighted by Crippen LogP contribution is -2.54. The number of benzene rings is 3. The molecule has 0 unspecified atom stereocenters. The maximum Gasteiger partial charge on any atom is 0.297 e. The van der Waals surface area contributed by atoms with Crippen molar-refractivity contribution < 1.29 is 32.7 Å². The number of aromatic nitrogens is 2. The molecule has 1 amide bonds. The van der Waals surface area contributed by atoms with Gasteiger partial charge in [0, 0.05) is 60.6 Å². The molecule has 2 atom stereocenters. The minimum absolute atomic E-state index is 0.0165. The van der Waals surface area contributed by atoms with Gasteiger partial charge in [-0.1, -0.05) is 38.1 Å². The highest BCUT2D eigenvalue weighted by atomic mass is 32.2. The van der Waals surface area contributed by atoms with Gasteiger partial charge in [0.2, 0.25) is 0 Å². The van der Waals surface area contributed by atoms with Crippen LogP contribution >= 0.6 is 0 Å². The van der Waals surface area contributed by atoms with Gasteiger partial charge in [0.1, 0.15) is 29.8 Å². The smallest absolute Gasteiger partial charge is 0.297 e. The van der Waals surface area contributed by atoms with Gasteiger partial charge in [-0.2, -0.15) is 5.26 Å². The number of hydrogen-bond donors (Lipinski definition) is 4. The Hall–Kier alpha value is -6.22. The van der Waals surface area contributed by atoms with Crippen LogP contribution in [0, 0.1) is 32.8 Å². The van der Waals surface area contributed by atoms with Gasteiger partial charge in [0.25, 0.3) is 21.6 Å². The first-order valence-electron chi connectivity index (χ1n) is 23.9. The topological polar surface area (TPSA) is 216 Å². The molecule has 0 bridgehead atoms. The fourth-order valence-electron chi connectivity index (χ4n) is 11.7. The number of nitrogens with one attached hydrogen (secondary N) is 3. The Kier molecular flexibility index (Phi) is 11.9. The number of anilines is 2. The number of fused-ring (bicyclic) bond motifs is 2. The van der Waals surface area contributed by atoms with Gasteiger partial charge >= 0.3 is 0 Å². The number of H-pyrrole nitrogens is 1. The normalized spacial score (nSPS) is 23.9. The van der Waals surface area contributed by atoms with E-state index in [4.69, 9.17) is 9.47 Å². The first-order valence-corrected chi connectivity index (χ1v) is 25.4. The van der Waals surface area contributed by atoms with E-state index in [-0.39, 0.29) is 52.5 Å². The molecule has 2 saturated carbocycles. The van der Waals surface area contributed by atoms with Crippen molar-refractivity contribution in [1.29, 1.82) is 5.26 Å². The Bertz CT molecular complexity index is 2920. The number of hydrogen-bond acceptors (Lipinski definition) is 13. The molecule has 1 spiro atoms. The Balaban J connectivity index is 0.870. The van der Waals surface area contributed by atoms with E-state index in [0.717, 1.165) is 44.2 Å². The fourth-order valence-corrected chi connectivity index (χ4v) is 12.7. The number of rotatable bonds is 11. The minimum Gasteiger partial charge on any atom is -0.489 e. The van der Waals surface area contributed by atoms with E-state index >= 15 is 0 Å². The molecule has 356 valence electrons. The van der Waals surface area contributed by atoms with Crippen molar-refractivity contribution in [2.24, 2.45) is 11.3 Å². The maximum atomic E-state index is 14.2. The Labute approximate surface area is 396 Å². The maximum absolute atomic E-state index is 14.2. The summed E-state index contributed by atoms with van der Waals surface area (Å²) in [6.45, 7) is 9.22. The van der Waals surface area contributed by atoms with Gasteiger partial charge in [0.15, 0.2) is 11.4 Å². The number of carbonyl (C=O) groups excluding carboxylic acids is 1. The van der Waals surface area contributed by atoms with E-state index < -0.39 is 37.0 Å². The summed E-state index contributed by atoms with van der Waals surface area (Å²) in [6.07, 6.45) is 12.4. The number of nitro groups is 1. The quantitative estimate of drug-likeness (QED) is 0.0719. The van der Waals surface area contributed by atoms with Crippen molar-refractivity contribution in [3.05, 3.63) is 105 Å². The number of piperidine rings is 1. The van der Waals surface area contributed by atoms with E-state index in [9.17, 15) is 33.7 Å². The standard InChI is InChI=1S/C51H58N8O8S/c1-31(2)38-7-4-5-8-39(38)43-9-6-18-58(43)35-25-51(26-35)16-19-57(20-17-51)34-10-11-40(45(21-34)67-36-22-41-33(27-52)28-53-48(41)54-29-36)49(60)56-68(64,65)37-23-44(59(62)63)47-46(24-37)66-30-42(55-47)32-12-14-50(3,61)15-13-32/h4-5,7-8,10-11,21-24,28-29,31-32,35,42-43,55,61H,6,9,12-20,25-26,30H2,1-3H3,(H,53,54)(H,56,60)/t32-,42-,43-,50-/m1/s1. The van der Waals surface area contributed by atoms with E-state index in [1.165, 1.54) is 55.1 Å². The average Bonchev–Trinajstić information content (AvgIpc) is 3.97. The van der Waals surface area contributed by atoms with Crippen LogP contribution in [0.25, 0.3) is 11.0 Å². The van der Waals surface area contributed by atoms with E-state index in [0.29, 0.717) is 60.3 Å². The zero-order chi connectivity index (χ0) is 47.5. The van der Waals surface area contributed by atoms with Crippen LogP contribution in [-0.4, -0.2) is 83.1 Å². The molecule has 10 rings (SSSR count). The second-order valence-corrected chi connectivity index (χ2v) is 22.0. The number of amides is 1. The zero-order valence-corrected chi connectivity index (χ0v) is 39.5. The number of aromatic amines is 1. The summed E-state index contributed by atoms with van der Waals surface area (Å²) in [5.41, 5.74) is 3.53. The number of aliphatic hydroxyl groups is 1. The van der Waals surface area contributed by atoms with E-state index in [2.05, 4.69) is 74.0 Å². The number of pyridine rings is 1. The molecule has 3 aromatic carbocycles. The Morgan fingerprint density at radius 2 is 1.82 bits per heavy atom. The van der Waals surface area contributed by atoms with Crippen molar-refractivity contribution >= 4 is 44.0 Å². The molecule has 5 heterocycles. The molecule has 16 nitrogen and oxygen atoms in total. The second-order valence-electron chi connectivity index (χ2n) is 20.3. The van der Waals surface area contributed by atoms with E-state index in [1.54, 1.807) is 31.3 Å². The van der Waals surface area contributed by atoms with Crippen LogP contribution < -0.4 is 24.4 Å². The predicted octanol–water partition coefficient (Wildman–Crippen LogP) is 9.08. The molecular formula is C51H58N8O8S. The summed E-state index contributed by atoms with van der Waals surface area (Å²) >= 11 is 0. The summed E-state index contributed by atoms with van der Waals surface area (Å²) in [5, 5.41) is 36.3. The average molecular weight is 943 g/mol. The zero-order valence-electron chi connectivity index (χ0n) is 38.7. The van der Waals surface area contributed by atoms with Crippen molar-refractivity contribution in [2.75, 3.05) is 36.5 Å². The van der Waals surface area contributed by atoms with Crippen LogP contribution in [0.3, 0.4) is 0 Å². The van der Waals surface area contributed by atoms with Gasteiger partial charge < -0.3 is 29.8 Å². The van der Waals surface area contributed by atoms with Gasteiger partial charge in [-0.3, -0.25) is 19.8 Å². The molecule has 2 aromatic heterocycles. The van der Waals surface area contributed by atoms with Crippen molar-refractivity contribution in [2.45, 2.75) is 120 Å². The number of nitro benzene ring substituents is 1. The molecule has 68 heavy (non-hydrogen) atoms. The van der Waals surface area contributed by atoms with Crippen LogP contribution in [0.5, 0.6) is 17.2 Å². The number of likely N-dealkylation sites (tertiary alicyclic amines) is 1. The highest BCUT2D eigenvalue weighted by molar-refractivity contribution is 7.90. The highest BCUT2D eigenvalue weighted by Gasteiger charge is 2.50. The lowest BCUT2D eigenvalue weighted by Gasteiger charge is -2.56.